The highest BCUT2D eigenvalue weighted by molar-refractivity contribution is 7.89. The number of primary sulfonamides is 1. The highest BCUT2D eigenvalue weighted by atomic mass is 32.2. The molecule has 0 spiro atoms. The summed E-state index contributed by atoms with van der Waals surface area (Å²) < 4.78 is 23.8. The van der Waals surface area contributed by atoms with Crippen molar-refractivity contribution in [3.05, 3.63) is 46.5 Å². The third kappa shape index (κ3) is 3.24. The largest absolute Gasteiger partial charge is 0.370 e. The van der Waals surface area contributed by atoms with Crippen molar-refractivity contribution < 1.29 is 13.3 Å². The van der Waals surface area contributed by atoms with Gasteiger partial charge in [0.2, 0.25) is 10.0 Å². The van der Waals surface area contributed by atoms with Crippen LogP contribution in [0.1, 0.15) is 24.6 Å². The van der Waals surface area contributed by atoms with Gasteiger partial charge in [0.15, 0.2) is 0 Å². The van der Waals surface area contributed by atoms with Gasteiger partial charge < -0.3 is 9.88 Å². The zero-order chi connectivity index (χ0) is 17.3. The van der Waals surface area contributed by atoms with Crippen LogP contribution < -0.4 is 10.0 Å². The van der Waals surface area contributed by atoms with E-state index in [4.69, 9.17) is 5.14 Å². The summed E-state index contributed by atoms with van der Waals surface area (Å²) in [4.78, 5) is 19.3. The Morgan fingerprint density at radius 3 is 2.83 bits per heavy atom. The van der Waals surface area contributed by atoms with Gasteiger partial charge in [0, 0.05) is 43.5 Å². The number of benzene rings is 1. The Morgan fingerprint density at radius 1 is 1.42 bits per heavy atom. The number of piperidine rings is 1. The average molecular weight is 351 g/mol. The molecular weight excluding hydrogens is 334 g/mol. The number of imidazole rings is 1. The quantitative estimate of drug-likeness (QED) is 0.630. The molecule has 2 heterocycles. The van der Waals surface area contributed by atoms with Crippen LogP contribution in [0.2, 0.25) is 0 Å². The van der Waals surface area contributed by atoms with Gasteiger partial charge in [-0.15, -0.1) is 0 Å². The minimum Gasteiger partial charge on any atom is -0.370 e. The van der Waals surface area contributed by atoms with Gasteiger partial charge >= 0.3 is 0 Å². The highest BCUT2D eigenvalue weighted by Gasteiger charge is 2.28. The smallest absolute Gasteiger partial charge is 0.270 e. The van der Waals surface area contributed by atoms with Gasteiger partial charge in [-0.2, -0.15) is 0 Å². The van der Waals surface area contributed by atoms with Gasteiger partial charge in [0.05, 0.1) is 10.6 Å². The van der Waals surface area contributed by atoms with E-state index in [0.717, 1.165) is 24.7 Å². The second-order valence-electron chi connectivity index (χ2n) is 5.71. The van der Waals surface area contributed by atoms with Crippen LogP contribution in [0.5, 0.6) is 0 Å². The molecule has 24 heavy (non-hydrogen) atoms. The van der Waals surface area contributed by atoms with E-state index in [-0.39, 0.29) is 16.5 Å². The van der Waals surface area contributed by atoms with Crippen molar-refractivity contribution in [2.75, 3.05) is 18.0 Å². The van der Waals surface area contributed by atoms with E-state index in [9.17, 15) is 18.5 Å². The fourth-order valence-electron chi connectivity index (χ4n) is 3.03. The standard InChI is InChI=1S/C14H17N5O4S/c15-24(22,23)13-8-11(19(20)21)3-4-12(13)18-7-1-2-10(9-18)14-16-5-6-17-14/h3-6,8,10H,1-2,7,9H2,(H,16,17)(H2,15,22,23). The summed E-state index contributed by atoms with van der Waals surface area (Å²) in [6.45, 7) is 1.21. The molecule has 2 aromatic rings. The fourth-order valence-corrected chi connectivity index (χ4v) is 3.80. The van der Waals surface area contributed by atoms with Gasteiger partial charge in [-0.05, 0) is 18.9 Å². The van der Waals surface area contributed by atoms with Crippen LogP contribution in [0.25, 0.3) is 0 Å². The lowest BCUT2D eigenvalue weighted by Crippen LogP contribution is -2.36. The van der Waals surface area contributed by atoms with Crippen LogP contribution in [0.15, 0.2) is 35.5 Å². The first kappa shape index (κ1) is 16.4. The predicted octanol–water partition coefficient (Wildman–Crippen LogP) is 1.35. The maximum absolute atomic E-state index is 11.9. The van der Waals surface area contributed by atoms with Crippen LogP contribution in [0.4, 0.5) is 11.4 Å². The number of rotatable bonds is 4. The van der Waals surface area contributed by atoms with Crippen LogP contribution in [0.3, 0.4) is 0 Å². The number of nitrogens with zero attached hydrogens (tertiary/aromatic N) is 3. The van der Waals surface area contributed by atoms with E-state index in [0.29, 0.717) is 18.8 Å². The second-order valence-corrected chi connectivity index (χ2v) is 7.24. The van der Waals surface area contributed by atoms with Crippen molar-refractivity contribution in [2.24, 2.45) is 5.14 Å². The topological polar surface area (TPSA) is 135 Å². The van der Waals surface area contributed by atoms with Gasteiger partial charge in [-0.1, -0.05) is 0 Å². The molecule has 1 aliphatic heterocycles. The monoisotopic (exact) mass is 351 g/mol. The molecule has 0 bridgehead atoms. The lowest BCUT2D eigenvalue weighted by molar-refractivity contribution is -0.385. The predicted molar refractivity (Wildman–Crippen MR) is 87.2 cm³/mol. The van der Waals surface area contributed by atoms with Crippen molar-refractivity contribution in [1.82, 2.24) is 9.97 Å². The number of H-pyrrole nitrogens is 1. The Labute approximate surface area is 138 Å². The molecule has 128 valence electrons. The normalized spacial score (nSPS) is 18.5. The Hall–Kier alpha value is -2.46. The third-order valence-corrected chi connectivity index (χ3v) is 5.07. The number of non-ortho nitro benzene ring substituents is 1. The second kappa shape index (κ2) is 6.21. The van der Waals surface area contributed by atoms with E-state index < -0.39 is 14.9 Å². The molecule has 0 radical (unpaired) electrons. The van der Waals surface area contributed by atoms with Crippen molar-refractivity contribution >= 4 is 21.4 Å². The molecule has 1 saturated heterocycles. The summed E-state index contributed by atoms with van der Waals surface area (Å²) in [6.07, 6.45) is 5.21. The molecule has 1 unspecified atom stereocenters. The zero-order valence-electron chi connectivity index (χ0n) is 12.8. The first-order valence-electron chi connectivity index (χ1n) is 7.41. The van der Waals surface area contributed by atoms with E-state index >= 15 is 0 Å². The van der Waals surface area contributed by atoms with Crippen LogP contribution in [0, 0.1) is 10.1 Å². The minimum atomic E-state index is -4.08. The number of anilines is 1. The van der Waals surface area contributed by atoms with Crippen molar-refractivity contribution in [3.8, 4) is 0 Å². The van der Waals surface area contributed by atoms with Crippen LogP contribution >= 0.6 is 0 Å². The summed E-state index contributed by atoms with van der Waals surface area (Å²) >= 11 is 0. The number of nitrogens with one attached hydrogen (secondary N) is 1. The lowest BCUT2D eigenvalue weighted by atomic mass is 9.97. The average Bonchev–Trinajstić information content (AvgIpc) is 3.08. The Morgan fingerprint density at radius 2 is 2.21 bits per heavy atom. The molecule has 1 fully saturated rings. The van der Waals surface area contributed by atoms with E-state index in [2.05, 4.69) is 9.97 Å². The molecule has 10 heteroatoms. The Bertz CT molecular complexity index is 850. The van der Waals surface area contributed by atoms with E-state index in [1.165, 1.54) is 12.1 Å². The van der Waals surface area contributed by atoms with Gasteiger partial charge in [0.25, 0.3) is 5.69 Å². The molecule has 1 aromatic heterocycles. The first-order chi connectivity index (χ1) is 11.4. The zero-order valence-corrected chi connectivity index (χ0v) is 13.6. The summed E-state index contributed by atoms with van der Waals surface area (Å²) in [5.41, 5.74) is 0.0849. The molecule has 1 atom stereocenters. The number of nitrogens with two attached hydrogens (primary N) is 1. The Balaban J connectivity index is 1.97. The highest BCUT2D eigenvalue weighted by Crippen LogP contribution is 2.33. The number of aromatic nitrogens is 2. The summed E-state index contributed by atoms with van der Waals surface area (Å²) in [5.74, 6) is 0.982. The molecule has 0 amide bonds. The molecular formula is C14H17N5O4S. The fraction of sp³-hybridized carbons (Fsp3) is 0.357. The molecule has 0 saturated carbocycles. The van der Waals surface area contributed by atoms with Crippen LogP contribution in [-0.4, -0.2) is 36.4 Å². The van der Waals surface area contributed by atoms with Gasteiger partial charge in [-0.25, -0.2) is 18.5 Å². The number of hydrogen-bond acceptors (Lipinski definition) is 6. The molecule has 1 aromatic carbocycles. The van der Waals surface area contributed by atoms with Crippen molar-refractivity contribution in [3.63, 3.8) is 0 Å². The maximum Gasteiger partial charge on any atom is 0.270 e. The van der Waals surface area contributed by atoms with Crippen LogP contribution in [-0.2, 0) is 10.0 Å². The van der Waals surface area contributed by atoms with E-state index in [1.807, 2.05) is 4.90 Å². The van der Waals surface area contributed by atoms with Gasteiger partial charge in [-0.3, -0.25) is 10.1 Å². The molecule has 3 rings (SSSR count). The maximum atomic E-state index is 11.9. The Kier molecular flexibility index (Phi) is 4.24. The van der Waals surface area contributed by atoms with Gasteiger partial charge in [0.1, 0.15) is 10.7 Å². The summed E-state index contributed by atoms with van der Waals surface area (Å²) in [6, 6.07) is 3.75. The first-order valence-corrected chi connectivity index (χ1v) is 8.96. The lowest BCUT2D eigenvalue weighted by Gasteiger charge is -2.34. The number of aromatic amines is 1. The SMILES string of the molecule is NS(=O)(=O)c1cc([N+](=O)[O-])ccc1N1CCCC(c2ncc[nH]2)C1. The minimum absolute atomic E-state index is 0.136. The molecule has 9 nitrogen and oxygen atoms in total. The number of hydrogen-bond donors (Lipinski definition) is 2. The summed E-state index contributed by atoms with van der Waals surface area (Å²) in [7, 11) is -4.08. The number of nitro groups is 1. The van der Waals surface area contributed by atoms with Crippen molar-refractivity contribution in [1.29, 1.82) is 0 Å². The number of sulfonamides is 1. The van der Waals surface area contributed by atoms with Crippen molar-refractivity contribution in [2.45, 2.75) is 23.7 Å². The molecule has 0 aliphatic carbocycles. The molecule has 1 aliphatic rings. The molecule has 3 N–H and O–H groups in total. The number of nitro benzene ring substituents is 1. The summed E-state index contributed by atoms with van der Waals surface area (Å²) in [5, 5.41) is 16.2. The third-order valence-electron chi connectivity index (χ3n) is 4.13. The van der Waals surface area contributed by atoms with E-state index in [1.54, 1.807) is 12.4 Å².